The lowest BCUT2D eigenvalue weighted by Crippen LogP contribution is -2.42. The van der Waals surface area contributed by atoms with Gasteiger partial charge in [0.2, 0.25) is 10.0 Å². The van der Waals surface area contributed by atoms with Gasteiger partial charge in [0.05, 0.1) is 24.6 Å². The third-order valence-electron chi connectivity index (χ3n) is 4.18. The Morgan fingerprint density at radius 1 is 1.07 bits per heavy atom. The zero-order valence-corrected chi connectivity index (χ0v) is 17.8. The van der Waals surface area contributed by atoms with Gasteiger partial charge in [-0.3, -0.25) is 10.1 Å². The van der Waals surface area contributed by atoms with Gasteiger partial charge >= 0.3 is 5.97 Å². The van der Waals surface area contributed by atoms with Crippen LogP contribution < -0.4 is 14.8 Å². The molecule has 2 N–H and O–H groups in total. The second-order valence-electron chi connectivity index (χ2n) is 6.45. The fourth-order valence-corrected chi connectivity index (χ4v) is 3.54. The van der Waals surface area contributed by atoms with Gasteiger partial charge in [-0.05, 0) is 38.5 Å². The molecule has 0 spiro atoms. The lowest BCUT2D eigenvalue weighted by Gasteiger charge is -2.21. The number of aryl methyl sites for hydroxylation is 1. The van der Waals surface area contributed by atoms with Crippen LogP contribution >= 0.6 is 0 Å². The quantitative estimate of drug-likeness (QED) is 0.429. The van der Waals surface area contributed by atoms with Crippen LogP contribution in [-0.4, -0.2) is 33.9 Å². The first-order chi connectivity index (χ1) is 13.9. The summed E-state index contributed by atoms with van der Waals surface area (Å²) in [6.07, 6.45) is 0.277. The molecule has 0 fully saturated rings. The van der Waals surface area contributed by atoms with Gasteiger partial charge in [0.15, 0.2) is 6.23 Å². The van der Waals surface area contributed by atoms with Crippen LogP contribution in [0, 0.1) is 6.92 Å². The molecule has 2 aromatic rings. The van der Waals surface area contributed by atoms with E-state index in [-0.39, 0.29) is 24.0 Å². The summed E-state index contributed by atoms with van der Waals surface area (Å²) in [5.74, 6) is 0.233. The van der Waals surface area contributed by atoms with E-state index >= 15 is 0 Å². The van der Waals surface area contributed by atoms with Gasteiger partial charge in [0, 0.05) is 5.56 Å². The van der Waals surface area contributed by atoms with Gasteiger partial charge in [0.25, 0.3) is 0 Å². The number of ether oxygens (including phenoxy) is 2. The van der Waals surface area contributed by atoms with Crippen molar-refractivity contribution in [3.8, 4) is 5.75 Å². The minimum absolute atomic E-state index is 0.00869. The molecule has 7 nitrogen and oxygen atoms in total. The first kappa shape index (κ1) is 22.9. The fourth-order valence-electron chi connectivity index (χ4n) is 2.61. The maximum Gasteiger partial charge on any atom is 0.310 e. The smallest absolute Gasteiger partial charge is 0.310 e. The summed E-state index contributed by atoms with van der Waals surface area (Å²) in [7, 11) is -3.61. The Balaban J connectivity index is 1.96. The molecule has 29 heavy (non-hydrogen) atoms. The average molecular weight is 421 g/mol. The predicted octanol–water partition coefficient (Wildman–Crippen LogP) is 2.74. The summed E-state index contributed by atoms with van der Waals surface area (Å²) in [5, 5.41) is 3.03. The van der Waals surface area contributed by atoms with Crippen molar-refractivity contribution in [1.82, 2.24) is 10.0 Å². The van der Waals surface area contributed by atoms with E-state index in [1.165, 1.54) is 0 Å². The summed E-state index contributed by atoms with van der Waals surface area (Å²) in [6, 6.07) is 13.9. The average Bonchev–Trinajstić information content (AvgIpc) is 2.69. The highest BCUT2D eigenvalue weighted by Crippen LogP contribution is 2.20. The van der Waals surface area contributed by atoms with E-state index in [0.29, 0.717) is 24.3 Å². The van der Waals surface area contributed by atoms with E-state index in [4.69, 9.17) is 9.47 Å². The van der Waals surface area contributed by atoms with Crippen LogP contribution in [0.4, 0.5) is 0 Å². The van der Waals surface area contributed by atoms with Gasteiger partial charge in [0.1, 0.15) is 5.75 Å². The molecular weight excluding hydrogens is 392 g/mol. The number of esters is 1. The summed E-state index contributed by atoms with van der Waals surface area (Å²) < 4.78 is 38.2. The molecular formula is C21H28N2O5S. The van der Waals surface area contributed by atoms with Crippen LogP contribution in [0.2, 0.25) is 0 Å². The molecule has 8 heteroatoms. The predicted molar refractivity (Wildman–Crippen MR) is 111 cm³/mol. The number of benzene rings is 2. The summed E-state index contributed by atoms with van der Waals surface area (Å²) in [5.41, 5.74) is 1.70. The molecule has 0 bridgehead atoms. The maximum absolute atomic E-state index is 12.4. The van der Waals surface area contributed by atoms with Crippen LogP contribution in [0.15, 0.2) is 53.4 Å². The molecule has 1 unspecified atom stereocenters. The molecule has 0 aliphatic heterocycles. The molecule has 0 aromatic heterocycles. The van der Waals surface area contributed by atoms with Crippen LogP contribution in [0.1, 0.15) is 31.4 Å². The first-order valence-corrected chi connectivity index (χ1v) is 11.0. The van der Waals surface area contributed by atoms with Gasteiger partial charge in [-0.2, -0.15) is 4.72 Å². The molecule has 0 amide bonds. The number of sulfonamides is 1. The van der Waals surface area contributed by atoms with Crippen molar-refractivity contribution in [1.29, 1.82) is 0 Å². The van der Waals surface area contributed by atoms with E-state index in [0.717, 1.165) is 5.56 Å². The number of hydrogen-bond acceptors (Lipinski definition) is 6. The lowest BCUT2D eigenvalue weighted by molar-refractivity contribution is -0.142. The number of hydrogen-bond donors (Lipinski definition) is 2. The lowest BCUT2D eigenvalue weighted by atomic mass is 10.1. The van der Waals surface area contributed by atoms with E-state index in [1.54, 1.807) is 43.3 Å². The van der Waals surface area contributed by atoms with Crippen LogP contribution in [0.3, 0.4) is 0 Å². The molecule has 0 heterocycles. The normalized spacial score (nSPS) is 12.4. The van der Waals surface area contributed by atoms with Gasteiger partial charge in [-0.1, -0.05) is 42.8 Å². The van der Waals surface area contributed by atoms with Crippen molar-refractivity contribution in [2.24, 2.45) is 0 Å². The summed E-state index contributed by atoms with van der Waals surface area (Å²) in [4.78, 5) is 12.0. The standard InChI is InChI=1S/C21H28N2O5S/c1-4-20(22-15-23-29(25,26)18-12-10-16(3)11-13-18)28-19-9-7-6-8-17(19)14-21(24)27-5-2/h6-13,20,22-23H,4-5,14-15H2,1-3H3. The Morgan fingerprint density at radius 2 is 1.76 bits per heavy atom. The molecule has 0 aliphatic rings. The Morgan fingerprint density at radius 3 is 2.41 bits per heavy atom. The highest BCUT2D eigenvalue weighted by molar-refractivity contribution is 7.89. The Hall–Kier alpha value is -2.42. The molecule has 0 saturated carbocycles. The number of rotatable bonds is 11. The van der Waals surface area contributed by atoms with Gasteiger partial charge < -0.3 is 9.47 Å². The molecule has 0 saturated heterocycles. The van der Waals surface area contributed by atoms with E-state index in [1.807, 2.05) is 26.0 Å². The van der Waals surface area contributed by atoms with Crippen LogP contribution in [0.5, 0.6) is 5.75 Å². The zero-order valence-electron chi connectivity index (χ0n) is 17.0. The van der Waals surface area contributed by atoms with Crippen molar-refractivity contribution in [3.05, 3.63) is 59.7 Å². The number of carbonyl (C=O) groups excluding carboxylic acids is 1. The van der Waals surface area contributed by atoms with Crippen molar-refractivity contribution in [2.75, 3.05) is 13.3 Å². The van der Waals surface area contributed by atoms with Crippen LogP contribution in [0.25, 0.3) is 0 Å². The molecule has 158 valence electrons. The van der Waals surface area contributed by atoms with E-state index < -0.39 is 16.3 Å². The minimum atomic E-state index is -3.61. The third-order valence-corrected chi connectivity index (χ3v) is 5.59. The second-order valence-corrected chi connectivity index (χ2v) is 8.21. The zero-order chi connectivity index (χ0) is 21.3. The third kappa shape index (κ3) is 7.16. The van der Waals surface area contributed by atoms with Gasteiger partial charge in [-0.25, -0.2) is 8.42 Å². The molecule has 0 aliphatic carbocycles. The van der Waals surface area contributed by atoms with Crippen LogP contribution in [-0.2, 0) is 26.0 Å². The Labute approximate surface area is 172 Å². The highest BCUT2D eigenvalue weighted by atomic mass is 32.2. The van der Waals surface area contributed by atoms with E-state index in [2.05, 4.69) is 10.0 Å². The minimum Gasteiger partial charge on any atom is -0.475 e. The highest BCUT2D eigenvalue weighted by Gasteiger charge is 2.16. The second kappa shape index (κ2) is 10.9. The topological polar surface area (TPSA) is 93.7 Å². The fraction of sp³-hybridized carbons (Fsp3) is 0.381. The number of carbonyl (C=O) groups is 1. The maximum atomic E-state index is 12.4. The molecule has 2 aromatic carbocycles. The van der Waals surface area contributed by atoms with Crippen molar-refractivity contribution < 1.29 is 22.7 Å². The largest absolute Gasteiger partial charge is 0.475 e. The SMILES string of the molecule is CCOC(=O)Cc1ccccc1OC(CC)NCNS(=O)(=O)c1ccc(C)cc1. The first-order valence-electron chi connectivity index (χ1n) is 9.55. The Bertz CT molecular complexity index is 898. The van der Waals surface area contributed by atoms with Crippen molar-refractivity contribution in [3.63, 3.8) is 0 Å². The molecule has 2 rings (SSSR count). The number of para-hydroxylation sites is 1. The summed E-state index contributed by atoms with van der Waals surface area (Å²) >= 11 is 0. The number of nitrogens with one attached hydrogen (secondary N) is 2. The molecule has 1 atom stereocenters. The Kier molecular flexibility index (Phi) is 8.63. The van der Waals surface area contributed by atoms with Gasteiger partial charge in [-0.15, -0.1) is 0 Å². The van der Waals surface area contributed by atoms with Crippen molar-refractivity contribution in [2.45, 2.75) is 44.7 Å². The monoisotopic (exact) mass is 420 g/mol. The van der Waals surface area contributed by atoms with E-state index in [9.17, 15) is 13.2 Å². The van der Waals surface area contributed by atoms with Crippen molar-refractivity contribution >= 4 is 16.0 Å². The summed E-state index contributed by atoms with van der Waals surface area (Å²) in [6.45, 7) is 5.90. The molecule has 0 radical (unpaired) electrons.